The van der Waals surface area contributed by atoms with Gasteiger partial charge in [0.15, 0.2) is 12.6 Å². The molecule has 0 atom stereocenters. The SMILES string of the molecule is O=CC(=O)c1cc(-c2cc(-c3ccc4c(=O)c(=O)c(=O)c4c3)cc(-c3ccc4c(=O)c(=O)c(=O)c4c3)c2)ccc1C=O. The third kappa shape index (κ3) is 3.91. The molecule has 6 aromatic carbocycles. The molecule has 6 rings (SSSR count). The number of hydrogen-bond donors (Lipinski definition) is 0. The van der Waals surface area contributed by atoms with E-state index in [0.29, 0.717) is 39.7 Å². The standard InChI is InChI=1S/C33H14O9/c34-13-18-2-1-15(10-24(18)27(36)14-35)19-7-20(16-3-5-22-25(11-16)30(39)32(41)28(22)37)9-21(8-19)17-4-6-23-26(12-17)31(40)33(42)29(23)38/h1-14H. The van der Waals surface area contributed by atoms with E-state index in [1.165, 1.54) is 36.4 Å². The lowest BCUT2D eigenvalue weighted by Gasteiger charge is -2.13. The van der Waals surface area contributed by atoms with Crippen LogP contribution in [-0.4, -0.2) is 18.4 Å². The van der Waals surface area contributed by atoms with Gasteiger partial charge in [0, 0.05) is 32.7 Å². The van der Waals surface area contributed by atoms with Crippen molar-refractivity contribution in [2.45, 2.75) is 0 Å². The van der Waals surface area contributed by atoms with Crippen LogP contribution < -0.4 is 32.6 Å². The van der Waals surface area contributed by atoms with Crippen molar-refractivity contribution in [3.05, 3.63) is 145 Å². The maximum Gasteiger partial charge on any atom is 0.273 e. The van der Waals surface area contributed by atoms with E-state index in [-0.39, 0.29) is 39.0 Å². The van der Waals surface area contributed by atoms with E-state index in [2.05, 4.69) is 0 Å². The van der Waals surface area contributed by atoms with Gasteiger partial charge in [0.1, 0.15) is 0 Å². The normalized spacial score (nSPS) is 11.2. The fourth-order valence-corrected chi connectivity index (χ4v) is 5.16. The summed E-state index contributed by atoms with van der Waals surface area (Å²) >= 11 is 0. The van der Waals surface area contributed by atoms with Crippen molar-refractivity contribution in [1.82, 2.24) is 0 Å². The second-order valence-electron chi connectivity index (χ2n) is 9.70. The number of fused-ring (bicyclic) bond motifs is 2. The Balaban J connectivity index is 1.64. The van der Waals surface area contributed by atoms with Crippen molar-refractivity contribution in [2.24, 2.45) is 0 Å². The van der Waals surface area contributed by atoms with Crippen LogP contribution in [0.2, 0.25) is 0 Å². The Labute approximate surface area is 232 Å². The number of carbonyl (C=O) groups is 3. The Bertz CT molecular complexity index is 2350. The summed E-state index contributed by atoms with van der Waals surface area (Å²) in [4.78, 5) is 108. The van der Waals surface area contributed by atoms with Crippen molar-refractivity contribution >= 4 is 39.9 Å². The summed E-state index contributed by atoms with van der Waals surface area (Å²) in [5, 5.41) is -0.0799. The molecule has 0 bridgehead atoms. The summed E-state index contributed by atoms with van der Waals surface area (Å²) in [6.07, 6.45) is 0.554. The lowest BCUT2D eigenvalue weighted by Crippen LogP contribution is -2.29. The summed E-state index contributed by atoms with van der Waals surface area (Å²) in [5.74, 6) is -0.895. The van der Waals surface area contributed by atoms with Crippen LogP contribution in [0.5, 0.6) is 0 Å². The predicted octanol–water partition coefficient (Wildman–Crippen LogP) is 2.10. The first-order valence-electron chi connectivity index (χ1n) is 12.4. The highest BCUT2D eigenvalue weighted by Crippen LogP contribution is 2.34. The second kappa shape index (κ2) is 9.53. The van der Waals surface area contributed by atoms with E-state index >= 15 is 0 Å². The minimum absolute atomic E-state index is 0.00179. The maximum absolute atomic E-state index is 12.4. The van der Waals surface area contributed by atoms with Crippen LogP contribution in [0.3, 0.4) is 0 Å². The van der Waals surface area contributed by atoms with Gasteiger partial charge in [-0.25, -0.2) is 0 Å². The van der Waals surface area contributed by atoms with E-state index in [1.807, 2.05) is 0 Å². The number of rotatable bonds is 6. The molecule has 0 heterocycles. The van der Waals surface area contributed by atoms with Gasteiger partial charge in [-0.3, -0.25) is 43.2 Å². The lowest BCUT2D eigenvalue weighted by molar-refractivity contribution is -0.104. The topological polar surface area (TPSA) is 154 Å². The van der Waals surface area contributed by atoms with Crippen LogP contribution >= 0.6 is 0 Å². The Morgan fingerprint density at radius 3 is 1.26 bits per heavy atom. The van der Waals surface area contributed by atoms with Gasteiger partial charge in [0.05, 0.1) is 0 Å². The zero-order valence-corrected chi connectivity index (χ0v) is 21.3. The van der Waals surface area contributed by atoms with Gasteiger partial charge >= 0.3 is 0 Å². The van der Waals surface area contributed by atoms with Crippen molar-refractivity contribution in [3.8, 4) is 33.4 Å². The molecule has 0 N–H and O–H groups in total. The summed E-state index contributed by atoms with van der Waals surface area (Å²) in [7, 11) is 0. The van der Waals surface area contributed by atoms with Gasteiger partial charge in [-0.2, -0.15) is 0 Å². The molecular formula is C33H14O9. The highest BCUT2D eigenvalue weighted by molar-refractivity contribution is 6.34. The monoisotopic (exact) mass is 554 g/mol. The van der Waals surface area contributed by atoms with Gasteiger partial charge in [-0.15, -0.1) is 0 Å². The minimum Gasteiger partial charge on any atom is -0.298 e. The van der Waals surface area contributed by atoms with Crippen LogP contribution in [0.4, 0.5) is 0 Å². The van der Waals surface area contributed by atoms with Crippen LogP contribution in [0.25, 0.3) is 54.9 Å². The molecule has 9 heteroatoms. The molecule has 0 aliphatic carbocycles. The zero-order chi connectivity index (χ0) is 29.9. The Kier molecular flexibility index (Phi) is 5.93. The molecule has 42 heavy (non-hydrogen) atoms. The van der Waals surface area contributed by atoms with Crippen LogP contribution in [-0.2, 0) is 4.79 Å². The Morgan fingerprint density at radius 1 is 0.429 bits per heavy atom. The van der Waals surface area contributed by atoms with Gasteiger partial charge in [-0.1, -0.05) is 24.3 Å². The van der Waals surface area contributed by atoms with Crippen LogP contribution in [0.15, 0.2) is 102 Å². The summed E-state index contributed by atoms with van der Waals surface area (Å²) < 4.78 is 0. The average Bonchev–Trinajstić information content (AvgIpc) is 3.38. The molecule has 0 unspecified atom stereocenters. The molecule has 6 aromatic rings. The summed E-state index contributed by atoms with van der Waals surface area (Å²) in [5.41, 5.74) is -3.05. The van der Waals surface area contributed by atoms with E-state index in [0.717, 1.165) is 0 Å². The Hall–Kier alpha value is -6.09. The van der Waals surface area contributed by atoms with Gasteiger partial charge in [0.25, 0.3) is 10.9 Å². The van der Waals surface area contributed by atoms with Crippen molar-refractivity contribution in [3.63, 3.8) is 0 Å². The van der Waals surface area contributed by atoms with Crippen molar-refractivity contribution in [1.29, 1.82) is 0 Å². The van der Waals surface area contributed by atoms with E-state index in [1.54, 1.807) is 36.4 Å². The Morgan fingerprint density at radius 2 is 0.833 bits per heavy atom. The van der Waals surface area contributed by atoms with Crippen LogP contribution in [0, 0.1) is 0 Å². The largest absolute Gasteiger partial charge is 0.298 e. The molecule has 0 aromatic heterocycles. The molecule has 0 spiro atoms. The third-order valence-corrected chi connectivity index (χ3v) is 7.33. The maximum atomic E-state index is 12.4. The summed E-state index contributed by atoms with van der Waals surface area (Å²) in [6, 6.07) is 18.2. The summed E-state index contributed by atoms with van der Waals surface area (Å²) in [6.45, 7) is 0. The smallest absolute Gasteiger partial charge is 0.273 e. The number of hydrogen-bond acceptors (Lipinski definition) is 9. The molecular weight excluding hydrogens is 540 g/mol. The first-order valence-corrected chi connectivity index (χ1v) is 12.4. The highest BCUT2D eigenvalue weighted by atomic mass is 16.2. The molecule has 0 fully saturated rings. The van der Waals surface area contributed by atoms with Gasteiger partial charge in [0.2, 0.25) is 27.5 Å². The molecule has 0 saturated heterocycles. The molecule has 200 valence electrons. The van der Waals surface area contributed by atoms with E-state index in [9.17, 15) is 43.2 Å². The number of benzene rings is 4. The molecule has 0 saturated carbocycles. The number of Topliss-reactive ketones (excluding diaryl/α,β-unsaturated/α-hetero) is 1. The quantitative estimate of drug-likeness (QED) is 0.171. The first-order chi connectivity index (χ1) is 20.1. The molecule has 0 amide bonds. The second-order valence-corrected chi connectivity index (χ2v) is 9.70. The molecule has 9 nitrogen and oxygen atoms in total. The van der Waals surface area contributed by atoms with E-state index in [4.69, 9.17) is 0 Å². The predicted molar refractivity (Wildman–Crippen MR) is 156 cm³/mol. The highest BCUT2D eigenvalue weighted by Gasteiger charge is 2.18. The lowest BCUT2D eigenvalue weighted by atomic mass is 9.91. The number of ketones is 1. The van der Waals surface area contributed by atoms with Gasteiger partial charge in [-0.05, 0) is 81.9 Å². The van der Waals surface area contributed by atoms with E-state index < -0.39 is 38.4 Å². The number of aldehydes is 2. The fraction of sp³-hybridized carbons (Fsp3) is 0. The van der Waals surface area contributed by atoms with Crippen molar-refractivity contribution in [2.75, 3.05) is 0 Å². The zero-order valence-electron chi connectivity index (χ0n) is 21.3. The molecule has 0 radical (unpaired) electrons. The van der Waals surface area contributed by atoms with Gasteiger partial charge < -0.3 is 0 Å². The fourth-order valence-electron chi connectivity index (χ4n) is 5.16. The molecule has 0 aliphatic heterocycles. The number of carbonyl (C=O) groups excluding carboxylic acids is 3. The van der Waals surface area contributed by atoms with Crippen LogP contribution in [0.1, 0.15) is 20.7 Å². The minimum atomic E-state index is -1.12. The first kappa shape index (κ1) is 26.1. The third-order valence-electron chi connectivity index (χ3n) is 7.33. The molecule has 0 aliphatic rings. The van der Waals surface area contributed by atoms with Crippen molar-refractivity contribution < 1.29 is 14.4 Å². The average molecular weight is 554 g/mol.